The Morgan fingerprint density at radius 2 is 2.08 bits per heavy atom. The Bertz CT molecular complexity index is 169. The molecule has 68 valence electrons. The van der Waals surface area contributed by atoms with Gasteiger partial charge < -0.3 is 5.32 Å². The summed E-state index contributed by atoms with van der Waals surface area (Å²) in [5.41, 5.74) is 0. The van der Waals surface area contributed by atoms with E-state index in [4.69, 9.17) is 0 Å². The summed E-state index contributed by atoms with van der Waals surface area (Å²) in [6.07, 6.45) is 7.17. The van der Waals surface area contributed by atoms with Crippen LogP contribution in [0.25, 0.3) is 0 Å². The first-order valence-electron chi connectivity index (χ1n) is 4.98. The number of nitrogens with zero attached hydrogens (tertiary/aromatic N) is 1. The van der Waals surface area contributed by atoms with Crippen LogP contribution in [0.5, 0.6) is 0 Å². The molecule has 0 radical (unpaired) electrons. The van der Waals surface area contributed by atoms with Crippen LogP contribution in [0, 0.1) is 0 Å². The van der Waals surface area contributed by atoms with Crippen molar-refractivity contribution in [3.63, 3.8) is 0 Å². The van der Waals surface area contributed by atoms with E-state index in [9.17, 15) is 0 Å². The standard InChI is InChI=1S/C10H18N2/c1-9-8-12(7-6-11-9)10-4-2-3-5-10/h2-3,9-11H,4-8H2,1H3. The molecule has 0 aromatic heterocycles. The van der Waals surface area contributed by atoms with Crippen LogP contribution in [0.3, 0.4) is 0 Å². The predicted molar refractivity (Wildman–Crippen MR) is 51.2 cm³/mol. The van der Waals surface area contributed by atoms with Crippen LogP contribution >= 0.6 is 0 Å². The van der Waals surface area contributed by atoms with Gasteiger partial charge >= 0.3 is 0 Å². The Morgan fingerprint density at radius 1 is 1.33 bits per heavy atom. The van der Waals surface area contributed by atoms with E-state index in [1.54, 1.807) is 0 Å². The quantitative estimate of drug-likeness (QED) is 0.585. The minimum absolute atomic E-state index is 0.680. The molecule has 1 fully saturated rings. The lowest BCUT2D eigenvalue weighted by atomic mass is 10.1. The summed E-state index contributed by atoms with van der Waals surface area (Å²) in [7, 11) is 0. The Labute approximate surface area is 74.6 Å². The van der Waals surface area contributed by atoms with E-state index in [-0.39, 0.29) is 0 Å². The van der Waals surface area contributed by atoms with Crippen LogP contribution in [0.15, 0.2) is 12.2 Å². The van der Waals surface area contributed by atoms with Gasteiger partial charge in [0.25, 0.3) is 0 Å². The van der Waals surface area contributed by atoms with Gasteiger partial charge in [-0.25, -0.2) is 0 Å². The first-order valence-corrected chi connectivity index (χ1v) is 4.98. The molecule has 0 aromatic carbocycles. The molecule has 0 bridgehead atoms. The molecule has 2 rings (SSSR count). The van der Waals surface area contributed by atoms with E-state index in [0.29, 0.717) is 6.04 Å². The topological polar surface area (TPSA) is 15.3 Å². The summed E-state index contributed by atoms with van der Waals surface area (Å²) in [4.78, 5) is 2.63. The predicted octanol–water partition coefficient (Wildman–Crippen LogP) is 0.999. The minimum Gasteiger partial charge on any atom is -0.312 e. The second-order valence-corrected chi connectivity index (χ2v) is 3.95. The van der Waals surface area contributed by atoms with Crippen molar-refractivity contribution >= 4 is 0 Å². The van der Waals surface area contributed by atoms with Crippen LogP contribution in [0.4, 0.5) is 0 Å². The average molecular weight is 166 g/mol. The lowest BCUT2D eigenvalue weighted by Crippen LogP contribution is -2.52. The highest BCUT2D eigenvalue weighted by atomic mass is 15.2. The molecule has 1 saturated heterocycles. The molecule has 1 atom stereocenters. The van der Waals surface area contributed by atoms with Gasteiger partial charge in [-0.1, -0.05) is 12.2 Å². The van der Waals surface area contributed by atoms with Crippen molar-refractivity contribution in [1.82, 2.24) is 10.2 Å². The molecule has 0 amide bonds. The first-order chi connectivity index (χ1) is 5.86. The number of hydrogen-bond donors (Lipinski definition) is 1. The summed E-state index contributed by atoms with van der Waals surface area (Å²) in [5, 5.41) is 3.47. The summed E-state index contributed by atoms with van der Waals surface area (Å²) in [6, 6.07) is 1.49. The molecule has 1 aliphatic heterocycles. The van der Waals surface area contributed by atoms with Gasteiger partial charge in [0.1, 0.15) is 0 Å². The lowest BCUT2D eigenvalue weighted by Gasteiger charge is -2.36. The fourth-order valence-electron chi connectivity index (χ4n) is 2.19. The van der Waals surface area contributed by atoms with Gasteiger partial charge in [-0.3, -0.25) is 4.90 Å². The van der Waals surface area contributed by atoms with Crippen LogP contribution < -0.4 is 5.32 Å². The number of rotatable bonds is 1. The second kappa shape index (κ2) is 3.58. The molecule has 2 aliphatic rings. The van der Waals surface area contributed by atoms with Gasteiger partial charge in [-0.05, 0) is 19.8 Å². The third-order valence-corrected chi connectivity index (χ3v) is 2.90. The van der Waals surface area contributed by atoms with Crippen molar-refractivity contribution in [1.29, 1.82) is 0 Å². The maximum absolute atomic E-state index is 3.47. The second-order valence-electron chi connectivity index (χ2n) is 3.95. The Kier molecular flexibility index (Phi) is 2.47. The molecule has 1 N–H and O–H groups in total. The van der Waals surface area contributed by atoms with Crippen LogP contribution in [-0.2, 0) is 0 Å². The number of piperazine rings is 1. The highest BCUT2D eigenvalue weighted by Crippen LogP contribution is 2.17. The van der Waals surface area contributed by atoms with Crippen molar-refractivity contribution in [2.24, 2.45) is 0 Å². The molecule has 1 unspecified atom stereocenters. The molecule has 0 spiro atoms. The Hall–Kier alpha value is -0.340. The molecule has 2 nitrogen and oxygen atoms in total. The summed E-state index contributed by atoms with van der Waals surface area (Å²) < 4.78 is 0. The highest BCUT2D eigenvalue weighted by Gasteiger charge is 2.23. The summed E-state index contributed by atoms with van der Waals surface area (Å²) >= 11 is 0. The zero-order valence-corrected chi connectivity index (χ0v) is 7.79. The van der Waals surface area contributed by atoms with Crippen LogP contribution in [-0.4, -0.2) is 36.6 Å². The highest BCUT2D eigenvalue weighted by molar-refractivity contribution is 4.99. The Morgan fingerprint density at radius 3 is 2.75 bits per heavy atom. The average Bonchev–Trinajstić information content (AvgIpc) is 2.56. The molecule has 2 heteroatoms. The fourth-order valence-corrected chi connectivity index (χ4v) is 2.19. The molecular formula is C10H18N2. The van der Waals surface area contributed by atoms with E-state index in [2.05, 4.69) is 29.3 Å². The van der Waals surface area contributed by atoms with E-state index in [0.717, 1.165) is 12.6 Å². The third-order valence-electron chi connectivity index (χ3n) is 2.90. The zero-order valence-electron chi connectivity index (χ0n) is 7.79. The zero-order chi connectivity index (χ0) is 8.39. The van der Waals surface area contributed by atoms with E-state index >= 15 is 0 Å². The van der Waals surface area contributed by atoms with Gasteiger partial charge in [0, 0.05) is 31.7 Å². The first kappa shape index (κ1) is 8.27. The van der Waals surface area contributed by atoms with E-state index < -0.39 is 0 Å². The van der Waals surface area contributed by atoms with Gasteiger partial charge in [0.15, 0.2) is 0 Å². The van der Waals surface area contributed by atoms with E-state index in [1.807, 2.05) is 0 Å². The number of nitrogens with one attached hydrogen (secondary N) is 1. The normalized spacial score (nSPS) is 32.9. The summed E-state index contributed by atoms with van der Waals surface area (Å²) in [5.74, 6) is 0. The van der Waals surface area contributed by atoms with Crippen molar-refractivity contribution in [2.75, 3.05) is 19.6 Å². The smallest absolute Gasteiger partial charge is 0.0167 e. The van der Waals surface area contributed by atoms with Gasteiger partial charge in [0.2, 0.25) is 0 Å². The molecule has 0 saturated carbocycles. The largest absolute Gasteiger partial charge is 0.312 e. The van der Waals surface area contributed by atoms with Gasteiger partial charge in [-0.2, -0.15) is 0 Å². The molecule has 12 heavy (non-hydrogen) atoms. The molecule has 0 aromatic rings. The number of hydrogen-bond acceptors (Lipinski definition) is 2. The summed E-state index contributed by atoms with van der Waals surface area (Å²) in [6.45, 7) is 5.90. The van der Waals surface area contributed by atoms with Crippen LogP contribution in [0.2, 0.25) is 0 Å². The Balaban J connectivity index is 1.86. The van der Waals surface area contributed by atoms with Crippen molar-refractivity contribution in [3.8, 4) is 0 Å². The SMILES string of the molecule is CC1CN(C2CC=CC2)CCN1. The van der Waals surface area contributed by atoms with Crippen molar-refractivity contribution < 1.29 is 0 Å². The maximum Gasteiger partial charge on any atom is 0.0167 e. The van der Waals surface area contributed by atoms with Gasteiger partial charge in [0.05, 0.1) is 0 Å². The molecular weight excluding hydrogens is 148 g/mol. The lowest BCUT2D eigenvalue weighted by molar-refractivity contribution is 0.154. The third kappa shape index (κ3) is 1.70. The van der Waals surface area contributed by atoms with Crippen molar-refractivity contribution in [3.05, 3.63) is 12.2 Å². The monoisotopic (exact) mass is 166 g/mol. The maximum atomic E-state index is 3.47. The van der Waals surface area contributed by atoms with Crippen LogP contribution in [0.1, 0.15) is 19.8 Å². The van der Waals surface area contributed by atoms with Gasteiger partial charge in [-0.15, -0.1) is 0 Å². The van der Waals surface area contributed by atoms with E-state index in [1.165, 1.54) is 25.9 Å². The molecule has 1 aliphatic carbocycles. The fraction of sp³-hybridized carbons (Fsp3) is 0.800. The molecule has 1 heterocycles. The minimum atomic E-state index is 0.680. The van der Waals surface area contributed by atoms with Crippen molar-refractivity contribution in [2.45, 2.75) is 31.8 Å².